The van der Waals surface area contributed by atoms with Gasteiger partial charge in [0, 0.05) is 0 Å². The third-order valence-corrected chi connectivity index (χ3v) is 4.36. The molecule has 0 saturated heterocycles. The molecular weight excluding hydrogens is 272 g/mol. The van der Waals surface area contributed by atoms with Crippen molar-refractivity contribution in [2.75, 3.05) is 0 Å². The second kappa shape index (κ2) is 7.12. The van der Waals surface area contributed by atoms with E-state index in [0.29, 0.717) is 0 Å². The van der Waals surface area contributed by atoms with Crippen molar-refractivity contribution in [1.82, 2.24) is 0 Å². The Bertz CT molecular complexity index is 443. The van der Waals surface area contributed by atoms with Gasteiger partial charge >= 0.3 is 17.1 Å². The second-order valence-corrected chi connectivity index (χ2v) is 5.52. The summed E-state index contributed by atoms with van der Waals surface area (Å²) in [5, 5.41) is 0. The van der Waals surface area contributed by atoms with Crippen LogP contribution in [0.15, 0.2) is 12.1 Å². The molecule has 0 bridgehead atoms. The molecule has 2 aromatic carbocycles. The average Bonchev–Trinajstić information content (AvgIpc) is 2.66. The van der Waals surface area contributed by atoms with Gasteiger partial charge in [-0.25, -0.2) is 0 Å². The van der Waals surface area contributed by atoms with Crippen LogP contribution in [-0.4, -0.2) is 0 Å². The van der Waals surface area contributed by atoms with Crippen LogP contribution in [0.2, 0.25) is 0 Å². The zero-order chi connectivity index (χ0) is 14.0. The van der Waals surface area contributed by atoms with Crippen molar-refractivity contribution in [1.29, 1.82) is 0 Å². The van der Waals surface area contributed by atoms with Crippen LogP contribution in [0.5, 0.6) is 0 Å². The van der Waals surface area contributed by atoms with E-state index in [-0.39, 0.29) is 17.1 Å². The second-order valence-electron chi connectivity index (χ2n) is 5.52. The van der Waals surface area contributed by atoms with Gasteiger partial charge in [0.2, 0.25) is 0 Å². The van der Waals surface area contributed by atoms with Crippen LogP contribution in [-0.2, 0) is 17.1 Å². The van der Waals surface area contributed by atoms with Crippen LogP contribution >= 0.6 is 0 Å². The largest absolute Gasteiger partial charge is 2.00 e. The van der Waals surface area contributed by atoms with Gasteiger partial charge in [0.15, 0.2) is 0 Å². The van der Waals surface area contributed by atoms with Gasteiger partial charge in [0.25, 0.3) is 0 Å². The van der Waals surface area contributed by atoms with Gasteiger partial charge < -0.3 is 0 Å². The van der Waals surface area contributed by atoms with Crippen molar-refractivity contribution >= 4 is 0 Å². The maximum absolute atomic E-state index is 2.24. The van der Waals surface area contributed by atoms with E-state index in [0.717, 1.165) is 0 Å². The Kier molecular flexibility index (Phi) is 6.83. The number of rotatable bonds is 0. The molecule has 0 nitrogen and oxygen atoms in total. The minimum absolute atomic E-state index is 0. The summed E-state index contributed by atoms with van der Waals surface area (Å²) in [7, 11) is 0. The molecule has 0 unspecified atom stereocenters. The summed E-state index contributed by atoms with van der Waals surface area (Å²) in [4.78, 5) is 0. The Hall–Kier alpha value is -0.781. The van der Waals surface area contributed by atoms with Crippen LogP contribution in [0.25, 0.3) is 0 Å². The first kappa shape index (κ1) is 18.2. The molecule has 0 radical (unpaired) electrons. The van der Waals surface area contributed by atoms with E-state index < -0.39 is 0 Å². The first-order valence-corrected chi connectivity index (χ1v) is 6.65. The molecule has 0 fully saturated rings. The van der Waals surface area contributed by atoms with Gasteiger partial charge in [-0.3, -0.25) is 0 Å². The molecule has 0 amide bonds. The molecule has 106 valence electrons. The Morgan fingerprint density at radius 3 is 0.947 bits per heavy atom. The van der Waals surface area contributed by atoms with Gasteiger partial charge in [-0.2, -0.15) is 56.6 Å². The van der Waals surface area contributed by atoms with E-state index >= 15 is 0 Å². The van der Waals surface area contributed by atoms with E-state index in [1.165, 1.54) is 44.5 Å². The third-order valence-electron chi connectivity index (χ3n) is 4.36. The molecule has 0 aliphatic heterocycles. The van der Waals surface area contributed by atoms with Crippen molar-refractivity contribution in [2.24, 2.45) is 0 Å². The van der Waals surface area contributed by atoms with Crippen LogP contribution in [0.3, 0.4) is 0 Å². The zero-order valence-corrected chi connectivity index (χ0v) is 14.6. The fraction of sp³-hybridized carbons (Fsp3) is 0.444. The molecule has 2 rings (SSSR count). The van der Waals surface area contributed by atoms with E-state index in [1.54, 1.807) is 0 Å². The summed E-state index contributed by atoms with van der Waals surface area (Å²) in [6.45, 7) is 17.4. The van der Waals surface area contributed by atoms with Crippen molar-refractivity contribution in [3.05, 3.63) is 56.6 Å². The fourth-order valence-electron chi connectivity index (χ4n) is 2.27. The smallest absolute Gasteiger partial charge is 0.199 e. The molecule has 0 aliphatic rings. The van der Waals surface area contributed by atoms with Crippen molar-refractivity contribution < 1.29 is 17.1 Å². The molecule has 0 aromatic heterocycles. The molecule has 1 heteroatoms. The quantitative estimate of drug-likeness (QED) is 0.459. The molecule has 0 heterocycles. The SMILES string of the molecule is Cc1c[c-](C)c(C)c1C.Cc1c[c-](C)c(C)c1C.[Fe+2]. The van der Waals surface area contributed by atoms with Gasteiger partial charge in [-0.15, -0.1) is 0 Å². The van der Waals surface area contributed by atoms with Crippen LogP contribution in [0.4, 0.5) is 0 Å². The molecule has 2 aromatic rings. The molecule has 0 N–H and O–H groups in total. The summed E-state index contributed by atoms with van der Waals surface area (Å²) in [6, 6.07) is 4.48. The molecule has 0 aliphatic carbocycles. The van der Waals surface area contributed by atoms with Crippen molar-refractivity contribution in [3.63, 3.8) is 0 Å². The third kappa shape index (κ3) is 4.09. The average molecular weight is 298 g/mol. The minimum Gasteiger partial charge on any atom is -0.199 e. The van der Waals surface area contributed by atoms with Gasteiger partial charge in [-0.1, -0.05) is 55.4 Å². The summed E-state index contributed by atoms with van der Waals surface area (Å²) in [5.74, 6) is 0. The standard InChI is InChI=1S/2C9H13.Fe/c2*1-6-5-7(2)9(4)8(6)3;/h2*5H,1-4H3;/q2*-1;+2. The maximum Gasteiger partial charge on any atom is 2.00 e. The summed E-state index contributed by atoms with van der Waals surface area (Å²) in [5.41, 5.74) is 11.5. The first-order chi connectivity index (χ1) is 8.25. The molecule has 0 saturated carbocycles. The van der Waals surface area contributed by atoms with Crippen molar-refractivity contribution in [2.45, 2.75) is 55.4 Å². The van der Waals surface area contributed by atoms with Gasteiger partial charge in [0.1, 0.15) is 0 Å². The number of hydrogen-bond donors (Lipinski definition) is 0. The monoisotopic (exact) mass is 298 g/mol. The Labute approximate surface area is 129 Å². The fourth-order valence-corrected chi connectivity index (χ4v) is 2.27. The van der Waals surface area contributed by atoms with E-state index in [9.17, 15) is 0 Å². The summed E-state index contributed by atoms with van der Waals surface area (Å²) in [6.07, 6.45) is 0. The number of aryl methyl sites for hydroxylation is 4. The van der Waals surface area contributed by atoms with E-state index in [2.05, 4.69) is 67.5 Å². The molecular formula is C18H26Fe. The van der Waals surface area contributed by atoms with Gasteiger partial charge in [-0.05, 0) is 0 Å². The number of hydrogen-bond acceptors (Lipinski definition) is 0. The molecule has 0 spiro atoms. The van der Waals surface area contributed by atoms with Crippen LogP contribution in [0, 0.1) is 55.4 Å². The van der Waals surface area contributed by atoms with E-state index in [4.69, 9.17) is 0 Å². The Morgan fingerprint density at radius 2 is 0.895 bits per heavy atom. The normalized spacial score (nSPS) is 9.68. The Balaban J connectivity index is 0.000000324. The van der Waals surface area contributed by atoms with Crippen LogP contribution < -0.4 is 0 Å². The summed E-state index contributed by atoms with van der Waals surface area (Å²) < 4.78 is 0. The first-order valence-electron chi connectivity index (χ1n) is 6.65. The maximum atomic E-state index is 2.24. The predicted molar refractivity (Wildman–Crippen MR) is 82.0 cm³/mol. The minimum atomic E-state index is 0. The van der Waals surface area contributed by atoms with E-state index in [1.807, 2.05) is 0 Å². The summed E-state index contributed by atoms with van der Waals surface area (Å²) >= 11 is 0. The molecule has 0 atom stereocenters. The zero-order valence-electron chi connectivity index (χ0n) is 13.5. The predicted octanol–water partition coefficient (Wildman–Crippen LogP) is 5.28. The van der Waals surface area contributed by atoms with Crippen molar-refractivity contribution in [3.8, 4) is 0 Å². The van der Waals surface area contributed by atoms with Crippen LogP contribution in [0.1, 0.15) is 44.5 Å². The Morgan fingerprint density at radius 1 is 0.632 bits per heavy atom. The van der Waals surface area contributed by atoms with Gasteiger partial charge in [0.05, 0.1) is 0 Å². The molecule has 19 heavy (non-hydrogen) atoms. The topological polar surface area (TPSA) is 0 Å².